The van der Waals surface area contributed by atoms with Crippen molar-refractivity contribution in [2.45, 2.75) is 58.9 Å². The molecule has 0 spiro atoms. The van der Waals surface area contributed by atoms with Gasteiger partial charge in [-0.05, 0) is 54.6 Å². The maximum absolute atomic E-state index is 12.3. The number of nitrogens with zero attached hydrogens (tertiary/aromatic N) is 5. The first kappa shape index (κ1) is 19.3. The van der Waals surface area contributed by atoms with E-state index in [1.807, 2.05) is 23.1 Å². The van der Waals surface area contributed by atoms with Crippen LogP contribution < -0.4 is 9.80 Å². The number of fused-ring (bicyclic) bond motifs is 3. The van der Waals surface area contributed by atoms with E-state index >= 15 is 0 Å². The molecule has 2 unspecified atom stereocenters. The van der Waals surface area contributed by atoms with E-state index in [-0.39, 0.29) is 27.5 Å². The van der Waals surface area contributed by atoms with Crippen molar-refractivity contribution in [3.05, 3.63) is 46.3 Å². The van der Waals surface area contributed by atoms with Crippen LogP contribution in [-0.4, -0.2) is 34.0 Å². The first-order valence-electron chi connectivity index (χ1n) is 10.9. The standard InChI is InChI=1S/C23H29N5O2/c1-22(2)11-17-12-23(3,13-22)14-27(17)21-19(28(29)30)20(24-15-25-21)26-10-6-8-16-7-4-5-9-18(16)26/h4-5,7,9,15,17H,6,8,10-14H2,1-3H3. The summed E-state index contributed by atoms with van der Waals surface area (Å²) in [6, 6.07) is 8.43. The number of rotatable bonds is 3. The highest BCUT2D eigenvalue weighted by Crippen LogP contribution is 2.54. The van der Waals surface area contributed by atoms with E-state index in [9.17, 15) is 10.1 Å². The number of anilines is 3. The Hall–Kier alpha value is -2.70. The van der Waals surface area contributed by atoms with Gasteiger partial charge in [-0.25, -0.2) is 9.97 Å². The molecule has 3 aliphatic rings. The number of hydrogen-bond acceptors (Lipinski definition) is 6. The van der Waals surface area contributed by atoms with Gasteiger partial charge in [0.1, 0.15) is 6.33 Å². The van der Waals surface area contributed by atoms with Crippen LogP contribution in [0.25, 0.3) is 0 Å². The van der Waals surface area contributed by atoms with Crippen LogP contribution in [0.5, 0.6) is 0 Å². The predicted octanol–water partition coefficient (Wildman–Crippen LogP) is 4.87. The summed E-state index contributed by atoms with van der Waals surface area (Å²) >= 11 is 0. The van der Waals surface area contributed by atoms with Gasteiger partial charge >= 0.3 is 5.69 Å². The van der Waals surface area contributed by atoms with Crippen molar-refractivity contribution in [3.8, 4) is 0 Å². The molecule has 2 bridgehead atoms. The lowest BCUT2D eigenvalue weighted by Gasteiger charge is -2.39. The molecule has 0 radical (unpaired) electrons. The molecule has 2 atom stereocenters. The van der Waals surface area contributed by atoms with Crippen LogP contribution in [0.15, 0.2) is 30.6 Å². The van der Waals surface area contributed by atoms with Crippen LogP contribution in [0.2, 0.25) is 0 Å². The van der Waals surface area contributed by atoms with Gasteiger partial charge in [0.2, 0.25) is 11.6 Å². The Morgan fingerprint density at radius 2 is 1.90 bits per heavy atom. The summed E-state index contributed by atoms with van der Waals surface area (Å²) in [4.78, 5) is 25.2. The quantitative estimate of drug-likeness (QED) is 0.533. The van der Waals surface area contributed by atoms with E-state index in [2.05, 4.69) is 41.7 Å². The van der Waals surface area contributed by atoms with Crippen LogP contribution in [0, 0.1) is 20.9 Å². The lowest BCUT2D eigenvalue weighted by Crippen LogP contribution is -2.35. The number of hydrogen-bond donors (Lipinski definition) is 0. The zero-order chi connectivity index (χ0) is 21.1. The van der Waals surface area contributed by atoms with Crippen LogP contribution in [0.3, 0.4) is 0 Å². The molecule has 3 heterocycles. The largest absolute Gasteiger partial charge is 0.354 e. The SMILES string of the molecule is CC1(C)CC2CC(C)(CN2c2ncnc(N3CCCc4ccccc43)c2[N+](=O)[O-])C1. The molecule has 2 aliphatic heterocycles. The monoisotopic (exact) mass is 407 g/mol. The van der Waals surface area contributed by atoms with Crippen molar-refractivity contribution >= 4 is 23.0 Å². The highest BCUT2D eigenvalue weighted by molar-refractivity contribution is 5.78. The minimum atomic E-state index is -0.280. The Kier molecular flexibility index (Phi) is 4.27. The molecule has 2 fully saturated rings. The summed E-state index contributed by atoms with van der Waals surface area (Å²) in [5.41, 5.74) is 2.68. The lowest BCUT2D eigenvalue weighted by molar-refractivity contribution is -0.383. The van der Waals surface area contributed by atoms with Crippen LogP contribution >= 0.6 is 0 Å². The highest BCUT2D eigenvalue weighted by atomic mass is 16.6. The van der Waals surface area contributed by atoms with Crippen molar-refractivity contribution < 1.29 is 4.92 Å². The molecule has 1 aromatic carbocycles. The zero-order valence-electron chi connectivity index (χ0n) is 18.0. The van der Waals surface area contributed by atoms with Gasteiger partial charge in [0.05, 0.1) is 4.92 Å². The van der Waals surface area contributed by atoms with Gasteiger partial charge in [0.15, 0.2) is 0 Å². The molecule has 1 saturated carbocycles. The van der Waals surface area contributed by atoms with E-state index in [0.717, 1.165) is 50.9 Å². The molecule has 1 saturated heterocycles. The third-order valence-corrected chi connectivity index (χ3v) is 7.02. The van der Waals surface area contributed by atoms with Gasteiger partial charge in [0, 0.05) is 24.8 Å². The molecule has 7 nitrogen and oxygen atoms in total. The smallest absolute Gasteiger partial charge is 0.347 e. The number of nitro groups is 1. The van der Waals surface area contributed by atoms with Crippen molar-refractivity contribution in [2.24, 2.45) is 10.8 Å². The molecule has 2 aromatic rings. The van der Waals surface area contributed by atoms with Crippen molar-refractivity contribution in [3.63, 3.8) is 0 Å². The molecule has 158 valence electrons. The molecular weight excluding hydrogens is 378 g/mol. The molecule has 5 rings (SSSR count). The summed E-state index contributed by atoms with van der Waals surface area (Å²) in [5.74, 6) is 0.905. The first-order valence-corrected chi connectivity index (χ1v) is 10.9. The Morgan fingerprint density at radius 3 is 2.70 bits per heavy atom. The molecule has 1 aromatic heterocycles. The Balaban J connectivity index is 1.61. The second-order valence-electron chi connectivity index (χ2n) is 10.4. The minimum absolute atomic E-state index is 0.0446. The van der Waals surface area contributed by atoms with Gasteiger partial charge in [-0.3, -0.25) is 10.1 Å². The minimum Gasteiger partial charge on any atom is -0.347 e. The van der Waals surface area contributed by atoms with Gasteiger partial charge in [0.25, 0.3) is 0 Å². The Bertz CT molecular complexity index is 1010. The normalized spacial score (nSPS) is 27.1. The fourth-order valence-electron chi connectivity index (χ4n) is 6.39. The van der Waals surface area contributed by atoms with E-state index in [1.165, 1.54) is 11.9 Å². The summed E-state index contributed by atoms with van der Waals surface area (Å²) in [5, 5.41) is 12.3. The van der Waals surface area contributed by atoms with Crippen LogP contribution in [-0.2, 0) is 6.42 Å². The van der Waals surface area contributed by atoms with Crippen molar-refractivity contribution in [2.75, 3.05) is 22.9 Å². The van der Waals surface area contributed by atoms with Crippen molar-refractivity contribution in [1.29, 1.82) is 0 Å². The molecule has 30 heavy (non-hydrogen) atoms. The highest BCUT2D eigenvalue weighted by Gasteiger charge is 2.51. The van der Waals surface area contributed by atoms with E-state index in [1.54, 1.807) is 0 Å². The van der Waals surface area contributed by atoms with E-state index < -0.39 is 0 Å². The second kappa shape index (κ2) is 6.65. The zero-order valence-corrected chi connectivity index (χ0v) is 18.0. The van der Waals surface area contributed by atoms with Gasteiger partial charge in [-0.15, -0.1) is 0 Å². The summed E-state index contributed by atoms with van der Waals surface area (Å²) in [6.07, 6.45) is 6.68. The predicted molar refractivity (Wildman–Crippen MR) is 117 cm³/mol. The van der Waals surface area contributed by atoms with Gasteiger partial charge < -0.3 is 9.80 Å². The molecular formula is C23H29N5O2. The Labute approximate surface area is 177 Å². The topological polar surface area (TPSA) is 75.4 Å². The van der Waals surface area contributed by atoms with Crippen LogP contribution in [0.1, 0.15) is 52.0 Å². The molecule has 0 amide bonds. The summed E-state index contributed by atoms with van der Waals surface area (Å²) in [6.45, 7) is 8.48. The molecule has 0 N–H and O–H groups in total. The van der Waals surface area contributed by atoms with Crippen molar-refractivity contribution in [1.82, 2.24) is 9.97 Å². The molecule has 7 heteroatoms. The number of aromatic nitrogens is 2. The number of benzene rings is 1. The molecule has 1 aliphatic carbocycles. The fraction of sp³-hybridized carbons (Fsp3) is 0.565. The third kappa shape index (κ3) is 3.11. The maximum atomic E-state index is 12.3. The second-order valence-corrected chi connectivity index (χ2v) is 10.4. The van der Waals surface area contributed by atoms with Gasteiger partial charge in [-0.2, -0.15) is 0 Å². The fourth-order valence-corrected chi connectivity index (χ4v) is 6.39. The summed E-state index contributed by atoms with van der Waals surface area (Å²) < 4.78 is 0. The third-order valence-electron chi connectivity index (χ3n) is 7.02. The van der Waals surface area contributed by atoms with E-state index in [0.29, 0.717) is 11.6 Å². The average Bonchev–Trinajstić information content (AvgIpc) is 2.95. The number of aryl methyl sites for hydroxylation is 1. The van der Waals surface area contributed by atoms with Gasteiger partial charge in [-0.1, -0.05) is 39.0 Å². The summed E-state index contributed by atoms with van der Waals surface area (Å²) in [7, 11) is 0. The lowest BCUT2D eigenvalue weighted by atomic mass is 9.65. The Morgan fingerprint density at radius 1 is 1.13 bits per heavy atom. The first-order chi connectivity index (χ1) is 14.3. The van der Waals surface area contributed by atoms with Crippen LogP contribution in [0.4, 0.5) is 23.0 Å². The maximum Gasteiger partial charge on any atom is 0.354 e. The number of para-hydroxylation sites is 1. The average molecular weight is 408 g/mol. The van der Waals surface area contributed by atoms with E-state index in [4.69, 9.17) is 0 Å².